The molecule has 1 aromatic carbocycles. The zero-order chi connectivity index (χ0) is 24.8. The summed E-state index contributed by atoms with van der Waals surface area (Å²) in [6.45, 7) is 13.0. The van der Waals surface area contributed by atoms with Crippen molar-refractivity contribution in [2.75, 3.05) is 0 Å². The molecule has 1 aliphatic heterocycles. The Morgan fingerprint density at radius 3 is 2.50 bits per heavy atom. The van der Waals surface area contributed by atoms with Gasteiger partial charge in [0.2, 0.25) is 5.88 Å². The van der Waals surface area contributed by atoms with Gasteiger partial charge in [0.05, 0.1) is 0 Å². The SMILES string of the molecule is CCCCCCc1cc2c(cc1C#Cc1ccc(OC(=O)CCC)nn1)C(C)(C)CC(C)(C)O2. The minimum Gasteiger partial charge on any atom is -0.488 e. The van der Waals surface area contributed by atoms with Crippen LogP contribution in [0.2, 0.25) is 0 Å². The van der Waals surface area contributed by atoms with Gasteiger partial charge in [-0.3, -0.25) is 4.79 Å². The van der Waals surface area contributed by atoms with E-state index in [1.54, 1.807) is 12.1 Å². The van der Waals surface area contributed by atoms with Crippen LogP contribution in [0, 0.1) is 11.8 Å². The fourth-order valence-corrected chi connectivity index (χ4v) is 4.74. The molecule has 0 radical (unpaired) electrons. The molecule has 1 aliphatic rings. The molecule has 0 bridgehead atoms. The zero-order valence-electron chi connectivity index (χ0n) is 21.6. The monoisotopic (exact) mass is 462 g/mol. The van der Waals surface area contributed by atoms with Crippen molar-refractivity contribution in [1.29, 1.82) is 0 Å². The standard InChI is InChI=1S/C29H38N2O3/c1-7-9-10-11-13-21-19-25-24(28(3,4)20-29(5,6)34-25)18-22(21)14-15-23-16-17-26(31-30-23)33-27(32)12-8-2/h16-19H,7-13,20H2,1-6H3. The van der Waals surface area contributed by atoms with Gasteiger partial charge in [-0.05, 0) is 74.6 Å². The van der Waals surface area contributed by atoms with Crippen molar-refractivity contribution in [3.05, 3.63) is 46.6 Å². The molecule has 34 heavy (non-hydrogen) atoms. The van der Waals surface area contributed by atoms with Crippen LogP contribution < -0.4 is 9.47 Å². The van der Waals surface area contributed by atoms with E-state index in [2.05, 4.69) is 68.8 Å². The van der Waals surface area contributed by atoms with Gasteiger partial charge in [-0.2, -0.15) is 0 Å². The normalized spacial score (nSPS) is 15.5. The average molecular weight is 463 g/mol. The fraction of sp³-hybridized carbons (Fsp3) is 0.552. The number of benzene rings is 1. The minimum absolute atomic E-state index is 0.00191. The molecule has 0 fully saturated rings. The van der Waals surface area contributed by atoms with Gasteiger partial charge in [0.1, 0.15) is 17.0 Å². The molecule has 0 unspecified atom stereocenters. The molecule has 0 atom stereocenters. The molecule has 0 spiro atoms. The number of carbonyl (C=O) groups is 1. The molecule has 0 aliphatic carbocycles. The second kappa shape index (κ2) is 11.0. The molecule has 2 heterocycles. The summed E-state index contributed by atoms with van der Waals surface area (Å²) in [7, 11) is 0. The number of aromatic nitrogens is 2. The Bertz CT molecular complexity index is 1060. The van der Waals surface area contributed by atoms with Crippen LogP contribution >= 0.6 is 0 Å². The van der Waals surface area contributed by atoms with E-state index in [0.29, 0.717) is 12.1 Å². The third-order valence-electron chi connectivity index (χ3n) is 6.13. The van der Waals surface area contributed by atoms with Crippen LogP contribution in [0.25, 0.3) is 0 Å². The molecular weight excluding hydrogens is 424 g/mol. The topological polar surface area (TPSA) is 61.3 Å². The first-order valence-corrected chi connectivity index (χ1v) is 12.6. The number of nitrogens with zero attached hydrogens (tertiary/aromatic N) is 2. The summed E-state index contributed by atoms with van der Waals surface area (Å²) >= 11 is 0. The van der Waals surface area contributed by atoms with Gasteiger partial charge < -0.3 is 9.47 Å². The Morgan fingerprint density at radius 1 is 1.03 bits per heavy atom. The summed E-state index contributed by atoms with van der Waals surface area (Å²) in [6, 6.07) is 7.79. The molecule has 0 saturated carbocycles. The van der Waals surface area contributed by atoms with Crippen LogP contribution in [0.4, 0.5) is 0 Å². The first kappa shape index (κ1) is 25.7. The fourth-order valence-electron chi connectivity index (χ4n) is 4.74. The van der Waals surface area contributed by atoms with Crippen LogP contribution in [-0.2, 0) is 16.6 Å². The summed E-state index contributed by atoms with van der Waals surface area (Å²) in [5.41, 5.74) is 3.79. The van der Waals surface area contributed by atoms with Crippen molar-refractivity contribution in [1.82, 2.24) is 10.2 Å². The summed E-state index contributed by atoms with van der Waals surface area (Å²) in [5.74, 6) is 7.38. The number of unbranched alkanes of at least 4 members (excludes halogenated alkanes) is 3. The van der Waals surface area contributed by atoms with Crippen LogP contribution in [0.1, 0.15) is 109 Å². The summed E-state index contributed by atoms with van der Waals surface area (Å²) in [5, 5.41) is 8.13. The van der Waals surface area contributed by atoms with Crippen molar-refractivity contribution in [2.24, 2.45) is 0 Å². The molecule has 5 heteroatoms. The number of hydrogen-bond acceptors (Lipinski definition) is 5. The van der Waals surface area contributed by atoms with Crippen LogP contribution in [0.15, 0.2) is 24.3 Å². The van der Waals surface area contributed by atoms with Crippen LogP contribution in [0.5, 0.6) is 11.6 Å². The highest BCUT2D eigenvalue weighted by molar-refractivity contribution is 5.71. The number of carbonyl (C=O) groups excluding carboxylic acids is 1. The highest BCUT2D eigenvalue weighted by Crippen LogP contribution is 2.45. The number of ether oxygens (including phenoxy) is 2. The third kappa shape index (κ3) is 6.82. The first-order chi connectivity index (χ1) is 16.1. The van der Waals surface area contributed by atoms with E-state index in [1.807, 2.05) is 6.92 Å². The molecule has 0 amide bonds. The Morgan fingerprint density at radius 2 is 1.82 bits per heavy atom. The van der Waals surface area contributed by atoms with Gasteiger partial charge in [0.15, 0.2) is 0 Å². The van der Waals surface area contributed by atoms with Gasteiger partial charge >= 0.3 is 5.97 Å². The third-order valence-corrected chi connectivity index (χ3v) is 6.13. The predicted molar refractivity (Wildman–Crippen MR) is 135 cm³/mol. The van der Waals surface area contributed by atoms with Gasteiger partial charge in [-0.1, -0.05) is 52.9 Å². The lowest BCUT2D eigenvalue weighted by Crippen LogP contribution is -2.41. The largest absolute Gasteiger partial charge is 0.488 e. The maximum atomic E-state index is 11.7. The Hall–Kier alpha value is -2.87. The lowest BCUT2D eigenvalue weighted by atomic mass is 9.73. The van der Waals surface area contributed by atoms with Crippen LogP contribution in [-0.4, -0.2) is 21.8 Å². The molecule has 1 aromatic heterocycles. The van der Waals surface area contributed by atoms with Crippen molar-refractivity contribution in [3.8, 4) is 23.5 Å². The molecule has 0 N–H and O–H groups in total. The molecule has 2 aromatic rings. The van der Waals surface area contributed by atoms with E-state index in [0.717, 1.165) is 37.0 Å². The van der Waals surface area contributed by atoms with Gasteiger partial charge in [0, 0.05) is 23.6 Å². The van der Waals surface area contributed by atoms with E-state index in [9.17, 15) is 4.79 Å². The lowest BCUT2D eigenvalue weighted by Gasteiger charge is -2.42. The van der Waals surface area contributed by atoms with Gasteiger partial charge in [-0.25, -0.2) is 0 Å². The average Bonchev–Trinajstić information content (AvgIpc) is 2.75. The Balaban J connectivity index is 1.89. The molecule has 3 rings (SSSR count). The maximum Gasteiger partial charge on any atom is 0.312 e. The number of aryl methyl sites for hydroxylation is 1. The Labute approximate surface area is 204 Å². The number of fused-ring (bicyclic) bond motifs is 1. The number of rotatable bonds is 8. The molecule has 5 nitrogen and oxygen atoms in total. The molecular formula is C29H38N2O3. The second-order valence-corrected chi connectivity index (χ2v) is 10.5. The van der Waals surface area contributed by atoms with Crippen molar-refractivity contribution < 1.29 is 14.3 Å². The van der Waals surface area contributed by atoms with Gasteiger partial charge in [-0.15, -0.1) is 10.2 Å². The smallest absolute Gasteiger partial charge is 0.312 e. The highest BCUT2D eigenvalue weighted by atomic mass is 16.5. The summed E-state index contributed by atoms with van der Waals surface area (Å²) in [4.78, 5) is 11.7. The van der Waals surface area contributed by atoms with E-state index < -0.39 is 0 Å². The van der Waals surface area contributed by atoms with E-state index >= 15 is 0 Å². The number of esters is 1. The van der Waals surface area contributed by atoms with E-state index in [4.69, 9.17) is 9.47 Å². The maximum absolute atomic E-state index is 11.7. The van der Waals surface area contributed by atoms with Gasteiger partial charge in [0.25, 0.3) is 0 Å². The van der Waals surface area contributed by atoms with Crippen molar-refractivity contribution in [3.63, 3.8) is 0 Å². The number of hydrogen-bond donors (Lipinski definition) is 0. The lowest BCUT2D eigenvalue weighted by molar-refractivity contribution is -0.134. The Kier molecular flexibility index (Phi) is 8.36. The first-order valence-electron chi connectivity index (χ1n) is 12.6. The molecule has 0 saturated heterocycles. The predicted octanol–water partition coefficient (Wildman–Crippen LogP) is 6.54. The summed E-state index contributed by atoms with van der Waals surface area (Å²) in [6.07, 6.45) is 7.81. The molecule has 182 valence electrons. The zero-order valence-corrected chi connectivity index (χ0v) is 21.6. The highest BCUT2D eigenvalue weighted by Gasteiger charge is 2.39. The van der Waals surface area contributed by atoms with Crippen molar-refractivity contribution in [2.45, 2.75) is 104 Å². The quantitative estimate of drug-likeness (QED) is 0.253. The minimum atomic E-state index is -0.301. The van der Waals surface area contributed by atoms with Crippen LogP contribution in [0.3, 0.4) is 0 Å². The van der Waals surface area contributed by atoms with Crippen molar-refractivity contribution >= 4 is 5.97 Å². The second-order valence-electron chi connectivity index (χ2n) is 10.5. The summed E-state index contributed by atoms with van der Waals surface area (Å²) < 4.78 is 11.6. The van der Waals surface area contributed by atoms with E-state index in [1.165, 1.54) is 30.4 Å². The van der Waals surface area contributed by atoms with E-state index in [-0.39, 0.29) is 22.9 Å².